The lowest BCUT2D eigenvalue weighted by molar-refractivity contribution is -0.148. The van der Waals surface area contributed by atoms with E-state index in [1.54, 1.807) is 4.90 Å². The van der Waals surface area contributed by atoms with Crippen molar-refractivity contribution in [1.29, 1.82) is 0 Å². The molecule has 0 saturated carbocycles. The Bertz CT molecular complexity index is 450. The van der Waals surface area contributed by atoms with Crippen molar-refractivity contribution in [2.45, 2.75) is 6.18 Å². The van der Waals surface area contributed by atoms with Crippen molar-refractivity contribution < 1.29 is 13.2 Å². The zero-order chi connectivity index (χ0) is 14.6. The quantitative estimate of drug-likeness (QED) is 0.666. The molecule has 0 bridgehead atoms. The topological polar surface area (TPSA) is 44.9 Å². The third-order valence-electron chi connectivity index (χ3n) is 3.10. The Morgan fingerprint density at radius 2 is 1.70 bits per heavy atom. The number of rotatable bonds is 2. The van der Waals surface area contributed by atoms with Gasteiger partial charge in [0, 0.05) is 26.2 Å². The number of halogens is 3. The first-order chi connectivity index (χ1) is 9.44. The number of guanidine groups is 1. The lowest BCUT2D eigenvalue weighted by Gasteiger charge is -2.35. The molecule has 2 N–H and O–H groups in total. The first-order valence-corrected chi connectivity index (χ1v) is 6.37. The van der Waals surface area contributed by atoms with Crippen LogP contribution in [0.3, 0.4) is 0 Å². The highest BCUT2D eigenvalue weighted by atomic mass is 19.4. The molecule has 4 nitrogen and oxygen atoms in total. The second kappa shape index (κ2) is 6.13. The van der Waals surface area contributed by atoms with Gasteiger partial charge >= 0.3 is 6.18 Å². The molecule has 0 atom stereocenters. The lowest BCUT2D eigenvalue weighted by Crippen LogP contribution is -2.52. The molecule has 7 heteroatoms. The molecular weight excluding hydrogens is 269 g/mol. The Hall–Kier alpha value is -1.76. The molecule has 20 heavy (non-hydrogen) atoms. The fraction of sp³-hybridized carbons (Fsp3) is 0.462. The summed E-state index contributed by atoms with van der Waals surface area (Å²) in [6.45, 7) is 0.724. The second-order valence-electron chi connectivity index (χ2n) is 4.68. The maximum Gasteiger partial charge on any atom is 0.401 e. The predicted octanol–water partition coefficient (Wildman–Crippen LogP) is 1.81. The van der Waals surface area contributed by atoms with Crippen LogP contribution in [0.4, 0.5) is 18.9 Å². The monoisotopic (exact) mass is 286 g/mol. The Kier molecular flexibility index (Phi) is 4.49. The van der Waals surface area contributed by atoms with E-state index in [2.05, 4.69) is 4.99 Å². The molecule has 0 radical (unpaired) electrons. The van der Waals surface area contributed by atoms with Gasteiger partial charge in [-0.3, -0.25) is 4.90 Å². The van der Waals surface area contributed by atoms with Crippen LogP contribution in [0.25, 0.3) is 0 Å². The van der Waals surface area contributed by atoms with Crippen molar-refractivity contribution in [1.82, 2.24) is 9.80 Å². The summed E-state index contributed by atoms with van der Waals surface area (Å²) in [5, 5.41) is 0. The molecule has 1 aromatic carbocycles. The van der Waals surface area contributed by atoms with Gasteiger partial charge in [-0.05, 0) is 12.1 Å². The molecule has 1 heterocycles. The molecule has 0 spiro atoms. The van der Waals surface area contributed by atoms with Gasteiger partial charge < -0.3 is 10.6 Å². The first-order valence-electron chi connectivity index (χ1n) is 6.37. The van der Waals surface area contributed by atoms with Crippen LogP contribution < -0.4 is 5.73 Å². The largest absolute Gasteiger partial charge is 0.401 e. The normalized spacial score (nSPS) is 18.4. The molecule has 1 saturated heterocycles. The molecule has 0 aromatic heterocycles. The van der Waals surface area contributed by atoms with E-state index in [0.717, 1.165) is 5.69 Å². The van der Waals surface area contributed by atoms with Gasteiger partial charge in [-0.15, -0.1) is 0 Å². The number of nitrogens with zero attached hydrogens (tertiary/aromatic N) is 3. The number of nitrogens with two attached hydrogens (primary N) is 1. The summed E-state index contributed by atoms with van der Waals surface area (Å²) in [6.07, 6.45) is -4.15. The van der Waals surface area contributed by atoms with Crippen molar-refractivity contribution in [3.8, 4) is 0 Å². The molecule has 110 valence electrons. The van der Waals surface area contributed by atoms with Crippen LogP contribution in [-0.2, 0) is 0 Å². The van der Waals surface area contributed by atoms with Crippen LogP contribution in [0.5, 0.6) is 0 Å². The van der Waals surface area contributed by atoms with E-state index in [1.807, 2.05) is 30.3 Å². The lowest BCUT2D eigenvalue weighted by atomic mass is 10.3. The molecule has 0 amide bonds. The van der Waals surface area contributed by atoms with Gasteiger partial charge in [0.1, 0.15) is 0 Å². The van der Waals surface area contributed by atoms with E-state index in [0.29, 0.717) is 32.1 Å². The van der Waals surface area contributed by atoms with Crippen LogP contribution in [0.15, 0.2) is 35.3 Å². The fourth-order valence-corrected chi connectivity index (χ4v) is 2.09. The third kappa shape index (κ3) is 4.41. The Morgan fingerprint density at radius 3 is 2.25 bits per heavy atom. The van der Waals surface area contributed by atoms with Crippen molar-refractivity contribution in [3.05, 3.63) is 30.3 Å². The Labute approximate surface area is 115 Å². The number of benzene rings is 1. The highest BCUT2D eigenvalue weighted by Gasteiger charge is 2.32. The maximum absolute atomic E-state index is 12.3. The minimum Gasteiger partial charge on any atom is -0.369 e. The molecule has 2 rings (SSSR count). The predicted molar refractivity (Wildman–Crippen MR) is 71.8 cm³/mol. The minimum atomic E-state index is -4.15. The third-order valence-corrected chi connectivity index (χ3v) is 3.10. The Balaban J connectivity index is 1.89. The van der Waals surface area contributed by atoms with Crippen LogP contribution in [0.1, 0.15) is 0 Å². The van der Waals surface area contributed by atoms with E-state index >= 15 is 0 Å². The van der Waals surface area contributed by atoms with Crippen molar-refractivity contribution >= 4 is 11.6 Å². The van der Waals surface area contributed by atoms with Gasteiger partial charge in [0.2, 0.25) is 0 Å². The highest BCUT2D eigenvalue weighted by Crippen LogP contribution is 2.17. The summed E-state index contributed by atoms with van der Waals surface area (Å²) in [6, 6.07) is 9.24. The summed E-state index contributed by atoms with van der Waals surface area (Å²) >= 11 is 0. The molecule has 1 aliphatic heterocycles. The van der Waals surface area contributed by atoms with E-state index in [4.69, 9.17) is 5.73 Å². The average molecular weight is 286 g/mol. The summed E-state index contributed by atoms with van der Waals surface area (Å²) in [4.78, 5) is 7.45. The van der Waals surface area contributed by atoms with Gasteiger partial charge in [0.15, 0.2) is 5.96 Å². The fourth-order valence-electron chi connectivity index (χ4n) is 2.09. The highest BCUT2D eigenvalue weighted by molar-refractivity contribution is 5.81. The zero-order valence-corrected chi connectivity index (χ0v) is 11.0. The molecule has 1 aromatic rings. The molecular formula is C13H17F3N4. The number of para-hydroxylation sites is 1. The number of aliphatic imine (C=N–C) groups is 1. The van der Waals surface area contributed by atoms with E-state index in [1.165, 1.54) is 4.90 Å². The molecule has 0 aliphatic carbocycles. The van der Waals surface area contributed by atoms with Crippen molar-refractivity contribution in [2.75, 3.05) is 32.7 Å². The van der Waals surface area contributed by atoms with Crippen LogP contribution in [0.2, 0.25) is 0 Å². The van der Waals surface area contributed by atoms with E-state index in [9.17, 15) is 13.2 Å². The number of alkyl halides is 3. The Morgan fingerprint density at radius 1 is 1.10 bits per heavy atom. The number of hydrogen-bond donors (Lipinski definition) is 1. The van der Waals surface area contributed by atoms with Gasteiger partial charge in [-0.25, -0.2) is 4.99 Å². The van der Waals surface area contributed by atoms with Crippen molar-refractivity contribution in [3.63, 3.8) is 0 Å². The molecule has 1 fully saturated rings. The summed E-state index contributed by atoms with van der Waals surface area (Å²) in [5.41, 5.74) is 6.63. The first kappa shape index (κ1) is 14.6. The molecule has 1 aliphatic rings. The summed E-state index contributed by atoms with van der Waals surface area (Å²) < 4.78 is 36.8. The zero-order valence-electron chi connectivity index (χ0n) is 11.0. The number of hydrogen-bond acceptors (Lipinski definition) is 2. The van der Waals surface area contributed by atoms with Gasteiger partial charge in [-0.2, -0.15) is 13.2 Å². The van der Waals surface area contributed by atoms with Gasteiger partial charge in [-0.1, -0.05) is 18.2 Å². The van der Waals surface area contributed by atoms with Gasteiger partial charge in [0.05, 0.1) is 12.2 Å². The molecule has 0 unspecified atom stereocenters. The average Bonchev–Trinajstić information content (AvgIpc) is 2.39. The second-order valence-corrected chi connectivity index (χ2v) is 4.68. The van der Waals surface area contributed by atoms with E-state index in [-0.39, 0.29) is 0 Å². The smallest absolute Gasteiger partial charge is 0.369 e. The van der Waals surface area contributed by atoms with Crippen LogP contribution >= 0.6 is 0 Å². The van der Waals surface area contributed by atoms with Crippen LogP contribution in [0, 0.1) is 0 Å². The summed E-state index contributed by atoms with van der Waals surface area (Å²) in [5.74, 6) is 0.350. The minimum absolute atomic E-state index is 0.338. The van der Waals surface area contributed by atoms with Crippen LogP contribution in [-0.4, -0.2) is 54.7 Å². The van der Waals surface area contributed by atoms with Crippen molar-refractivity contribution in [2.24, 2.45) is 10.7 Å². The summed E-state index contributed by atoms with van der Waals surface area (Å²) in [7, 11) is 0. The van der Waals surface area contributed by atoms with E-state index < -0.39 is 12.7 Å². The maximum atomic E-state index is 12.3. The number of piperazine rings is 1. The van der Waals surface area contributed by atoms with Gasteiger partial charge in [0.25, 0.3) is 0 Å². The standard InChI is InChI=1S/C13H17F3N4/c14-13(15,16)10-19-6-8-20(9-7-19)12(17)18-11-4-2-1-3-5-11/h1-5H,6-10H2,(H2,17,18). The SMILES string of the molecule is NC(=Nc1ccccc1)N1CCN(CC(F)(F)F)CC1.